The fraction of sp³-hybridized carbons (Fsp3) is 0.360. The second-order valence-corrected chi connectivity index (χ2v) is 8.61. The van der Waals surface area contributed by atoms with E-state index in [1.807, 2.05) is 19.2 Å². The van der Waals surface area contributed by atoms with Crippen molar-refractivity contribution in [2.24, 2.45) is 16.0 Å². The maximum atomic E-state index is 12.6. The van der Waals surface area contributed by atoms with Crippen LogP contribution in [0.1, 0.15) is 25.8 Å². The van der Waals surface area contributed by atoms with Gasteiger partial charge in [-0.25, -0.2) is 10.0 Å². The number of carbonyl (C=O) groups excluding carboxylic acids is 1. The van der Waals surface area contributed by atoms with Gasteiger partial charge in [0.2, 0.25) is 11.9 Å². The third-order valence-corrected chi connectivity index (χ3v) is 5.99. The average Bonchev–Trinajstić information content (AvgIpc) is 3.35. The molecular formula is C25H28Cl2F2N6O4. The Morgan fingerprint density at radius 2 is 2.03 bits per heavy atom. The quantitative estimate of drug-likeness (QED) is 0.180. The first-order valence-corrected chi connectivity index (χ1v) is 12.5. The van der Waals surface area contributed by atoms with Crippen LogP contribution in [0.3, 0.4) is 0 Å². The Labute approximate surface area is 234 Å². The van der Waals surface area contributed by atoms with Crippen LogP contribution in [0, 0.1) is 17.4 Å². The number of hydrogen-bond acceptors (Lipinski definition) is 7. The molecule has 2 aromatic carbocycles. The molecule has 0 spiro atoms. The van der Waals surface area contributed by atoms with E-state index in [0.717, 1.165) is 17.7 Å². The minimum absolute atomic E-state index is 0.0355. The van der Waals surface area contributed by atoms with Crippen LogP contribution in [-0.4, -0.2) is 61.1 Å². The molecule has 0 bridgehead atoms. The number of aliphatic hydroxyl groups is 1. The number of likely N-dealkylation sites (N-methyl/N-ethyl adjacent to an activating group) is 1. The number of halogens is 4. The lowest BCUT2D eigenvalue weighted by molar-refractivity contribution is -0.123. The molecule has 2 aromatic rings. The lowest BCUT2D eigenvalue weighted by Gasteiger charge is -2.17. The molecule has 0 aliphatic carbocycles. The average molecular weight is 585 g/mol. The highest BCUT2D eigenvalue weighted by atomic mass is 35.5. The van der Waals surface area contributed by atoms with Crippen LogP contribution in [0.15, 0.2) is 46.5 Å². The molecule has 1 heterocycles. The van der Waals surface area contributed by atoms with Gasteiger partial charge in [0.05, 0.1) is 29.4 Å². The normalized spacial score (nSPS) is 14.7. The minimum Gasteiger partial charge on any atom is -0.494 e. The largest absolute Gasteiger partial charge is 0.494 e. The first kappa shape index (κ1) is 31.6. The summed E-state index contributed by atoms with van der Waals surface area (Å²) in [5.41, 5.74) is 1.75. The van der Waals surface area contributed by atoms with Gasteiger partial charge in [0.25, 0.3) is 0 Å². The Hall–Kier alpha value is -3.66. The molecule has 0 saturated heterocycles. The zero-order chi connectivity index (χ0) is 28.9. The molecule has 1 aliphatic rings. The third-order valence-electron chi connectivity index (χ3n) is 5.25. The highest BCUT2D eigenvalue weighted by Gasteiger charge is 2.29. The summed E-state index contributed by atoms with van der Waals surface area (Å²) in [6.07, 6.45) is 2.61. The van der Waals surface area contributed by atoms with Gasteiger partial charge in [-0.05, 0) is 43.2 Å². The topological polar surface area (TPSA) is 132 Å². The lowest BCUT2D eigenvalue weighted by Crippen LogP contribution is -2.35. The number of hydrazone groups is 1. The second-order valence-electron chi connectivity index (χ2n) is 7.80. The van der Waals surface area contributed by atoms with Crippen molar-refractivity contribution < 1.29 is 28.2 Å². The number of nitrogens with zero attached hydrogens (tertiary/aromatic N) is 4. The van der Waals surface area contributed by atoms with Crippen LogP contribution in [0.4, 0.5) is 14.5 Å². The molecule has 0 aromatic heterocycles. The van der Waals surface area contributed by atoms with Gasteiger partial charge in [-0.3, -0.25) is 10.1 Å². The second kappa shape index (κ2) is 15.7. The lowest BCUT2D eigenvalue weighted by atomic mass is 9.95. The summed E-state index contributed by atoms with van der Waals surface area (Å²) in [4.78, 5) is 14.5. The van der Waals surface area contributed by atoms with Crippen molar-refractivity contribution in [2.45, 2.75) is 26.9 Å². The van der Waals surface area contributed by atoms with Gasteiger partial charge in [-0.2, -0.15) is 19.1 Å². The molecule has 3 rings (SSSR count). The van der Waals surface area contributed by atoms with Crippen molar-refractivity contribution in [1.82, 2.24) is 15.6 Å². The molecule has 10 nitrogen and oxygen atoms in total. The smallest absolute Gasteiger partial charge is 0.387 e. The van der Waals surface area contributed by atoms with Crippen molar-refractivity contribution in [3.05, 3.63) is 52.0 Å². The van der Waals surface area contributed by atoms with E-state index in [0.29, 0.717) is 28.9 Å². The van der Waals surface area contributed by atoms with E-state index in [9.17, 15) is 18.8 Å². The molecule has 1 atom stereocenters. The number of guanidine groups is 1. The number of aliphatic imine (C=N–C) groups is 1. The number of carbonyl (C=O) groups is 1. The maximum Gasteiger partial charge on any atom is 0.387 e. The molecule has 0 saturated carbocycles. The van der Waals surface area contributed by atoms with E-state index < -0.39 is 13.2 Å². The van der Waals surface area contributed by atoms with Gasteiger partial charge in [-0.15, -0.1) is 0 Å². The zero-order valence-corrected chi connectivity index (χ0v) is 22.9. The number of nitrogens with one attached hydrogen (secondary N) is 2. The van der Waals surface area contributed by atoms with E-state index >= 15 is 0 Å². The molecule has 39 heavy (non-hydrogen) atoms. The van der Waals surface area contributed by atoms with E-state index in [1.165, 1.54) is 30.3 Å². The Morgan fingerprint density at radius 1 is 1.28 bits per heavy atom. The molecule has 3 N–H and O–H groups in total. The number of benzene rings is 2. The van der Waals surface area contributed by atoms with Crippen molar-refractivity contribution in [3.8, 4) is 17.7 Å². The van der Waals surface area contributed by atoms with Crippen LogP contribution in [0.2, 0.25) is 10.0 Å². The number of nitriles is 1. The van der Waals surface area contributed by atoms with Crippen LogP contribution >= 0.6 is 23.2 Å². The number of ether oxygens (including phenoxy) is 2. The number of amides is 1. The number of alkyl halides is 2. The SMILES string of the molecule is CCC1CN(C(=Nc2cc(OC(F)F)ccc2OC)NC#N)N=C1c1ccc(Cl)c(Cl)c1.CCNC(=O)CO. The van der Waals surface area contributed by atoms with E-state index in [-0.39, 0.29) is 29.2 Å². The Balaban J connectivity index is 0.000000673. The fourth-order valence-electron chi connectivity index (χ4n) is 3.45. The molecule has 14 heteroatoms. The molecule has 210 valence electrons. The van der Waals surface area contributed by atoms with Crippen molar-refractivity contribution >= 4 is 46.5 Å². The molecule has 1 aliphatic heterocycles. The van der Waals surface area contributed by atoms with E-state index in [2.05, 4.69) is 25.5 Å². The summed E-state index contributed by atoms with van der Waals surface area (Å²) < 4.78 is 34.9. The van der Waals surface area contributed by atoms with Crippen LogP contribution in [0.25, 0.3) is 0 Å². The molecule has 1 unspecified atom stereocenters. The first-order chi connectivity index (χ1) is 18.7. The molecule has 0 fully saturated rings. The van der Waals surface area contributed by atoms with Crippen LogP contribution in [-0.2, 0) is 4.79 Å². The maximum absolute atomic E-state index is 12.6. The Morgan fingerprint density at radius 3 is 2.56 bits per heavy atom. The summed E-state index contributed by atoms with van der Waals surface area (Å²) in [6.45, 7) is 1.44. The predicted molar refractivity (Wildman–Crippen MR) is 145 cm³/mol. The van der Waals surface area contributed by atoms with Gasteiger partial charge in [0.15, 0.2) is 6.19 Å². The van der Waals surface area contributed by atoms with Gasteiger partial charge in [0, 0.05) is 18.5 Å². The highest BCUT2D eigenvalue weighted by Crippen LogP contribution is 2.33. The number of methoxy groups -OCH3 is 1. The molecule has 1 amide bonds. The van der Waals surface area contributed by atoms with Crippen molar-refractivity contribution in [2.75, 3.05) is 26.8 Å². The molecule has 0 radical (unpaired) electrons. The fourth-order valence-corrected chi connectivity index (χ4v) is 3.75. The standard InChI is InChI=1S/C21H19Cl2F2N5O2.C4H9NO2/c1-3-12-10-30(29-19(12)13-4-6-15(22)16(23)8-13)21(27-11-26)28-17-9-14(32-20(24)25)5-7-18(17)31-2;1-2-5-4(7)3-6/h4-9,12,20H,3,10H2,1-2H3,(H,27,28);6H,2-3H2,1H3,(H,5,7). The van der Waals surface area contributed by atoms with Gasteiger partial charge in [-0.1, -0.05) is 36.2 Å². The molecular weight excluding hydrogens is 557 g/mol. The summed E-state index contributed by atoms with van der Waals surface area (Å²) in [7, 11) is 1.42. The van der Waals surface area contributed by atoms with Gasteiger partial charge in [0.1, 0.15) is 23.8 Å². The monoisotopic (exact) mass is 584 g/mol. The van der Waals surface area contributed by atoms with E-state index in [1.54, 1.807) is 19.1 Å². The highest BCUT2D eigenvalue weighted by molar-refractivity contribution is 6.42. The number of hydrogen-bond donors (Lipinski definition) is 3. The summed E-state index contributed by atoms with van der Waals surface area (Å²) in [5, 5.41) is 29.2. The predicted octanol–water partition coefficient (Wildman–Crippen LogP) is 4.52. The Bertz CT molecular complexity index is 1240. The van der Waals surface area contributed by atoms with Crippen LogP contribution in [0.5, 0.6) is 11.5 Å². The zero-order valence-electron chi connectivity index (χ0n) is 21.4. The minimum atomic E-state index is -2.99. The first-order valence-electron chi connectivity index (χ1n) is 11.7. The third kappa shape index (κ3) is 9.24. The van der Waals surface area contributed by atoms with Gasteiger partial charge >= 0.3 is 6.61 Å². The van der Waals surface area contributed by atoms with Crippen molar-refractivity contribution in [3.63, 3.8) is 0 Å². The van der Waals surface area contributed by atoms with E-state index in [4.69, 9.17) is 33.0 Å². The number of rotatable bonds is 8. The summed E-state index contributed by atoms with van der Waals surface area (Å²) >= 11 is 12.2. The summed E-state index contributed by atoms with van der Waals surface area (Å²) in [5.74, 6) is 0.0387. The van der Waals surface area contributed by atoms with Gasteiger partial charge < -0.3 is 19.9 Å². The van der Waals surface area contributed by atoms with Crippen LogP contribution < -0.4 is 20.1 Å². The Kier molecular flexibility index (Phi) is 12.7. The summed E-state index contributed by atoms with van der Waals surface area (Å²) in [6, 6.07) is 9.33. The number of aliphatic hydroxyl groups excluding tert-OH is 1. The van der Waals surface area contributed by atoms with Crippen molar-refractivity contribution in [1.29, 1.82) is 5.26 Å².